The van der Waals surface area contributed by atoms with Crippen molar-refractivity contribution in [1.29, 1.82) is 0 Å². The molecule has 25 heavy (non-hydrogen) atoms. The van der Waals surface area contributed by atoms with Gasteiger partial charge in [0, 0.05) is 31.0 Å². The predicted molar refractivity (Wildman–Crippen MR) is 110 cm³/mol. The van der Waals surface area contributed by atoms with Gasteiger partial charge in [-0.2, -0.15) is 0 Å². The Morgan fingerprint density at radius 3 is 2.00 bits per heavy atom. The number of nitrogens with zero attached hydrogens (tertiary/aromatic N) is 1. The third-order valence-electron chi connectivity index (χ3n) is 4.02. The summed E-state index contributed by atoms with van der Waals surface area (Å²) in [5, 5.41) is 6.87. The lowest BCUT2D eigenvalue weighted by atomic mass is 10.1. The third-order valence-corrected chi connectivity index (χ3v) is 4.22. The van der Waals surface area contributed by atoms with Crippen molar-refractivity contribution in [1.82, 2.24) is 0 Å². The summed E-state index contributed by atoms with van der Waals surface area (Å²) < 4.78 is 0. The number of hydrogen-bond donors (Lipinski definition) is 2. The molecule has 0 aliphatic heterocycles. The van der Waals surface area contributed by atoms with Crippen molar-refractivity contribution < 1.29 is 4.79 Å². The van der Waals surface area contributed by atoms with E-state index < -0.39 is 0 Å². The first kappa shape index (κ1) is 18.9. The number of carbonyl (C=O) groups is 1. The Kier molecular flexibility index (Phi) is 6.95. The lowest BCUT2D eigenvalue weighted by Crippen LogP contribution is -2.23. The highest BCUT2D eigenvalue weighted by atomic mass is 32.1. The molecule has 132 valence electrons. The van der Waals surface area contributed by atoms with E-state index in [-0.39, 0.29) is 5.91 Å². The summed E-state index contributed by atoms with van der Waals surface area (Å²) >= 11 is 5.36. The quantitative estimate of drug-likeness (QED) is 0.729. The van der Waals surface area contributed by atoms with E-state index in [1.54, 1.807) is 18.9 Å². The zero-order valence-electron chi connectivity index (χ0n) is 15.0. The van der Waals surface area contributed by atoms with Crippen LogP contribution >= 0.6 is 12.2 Å². The molecule has 0 heterocycles. The number of aryl methyl sites for hydroxylation is 1. The molecule has 0 aliphatic rings. The van der Waals surface area contributed by atoms with Crippen molar-refractivity contribution in [3.05, 3.63) is 54.1 Å². The number of nitrogens with one attached hydrogen (secondary N) is 2. The van der Waals surface area contributed by atoms with E-state index in [9.17, 15) is 4.79 Å². The first-order chi connectivity index (χ1) is 12.0. The van der Waals surface area contributed by atoms with Crippen molar-refractivity contribution in [2.45, 2.75) is 33.1 Å². The summed E-state index contributed by atoms with van der Waals surface area (Å²) in [7, 11) is 1.75. The maximum Gasteiger partial charge on any atom is 0.223 e. The molecule has 0 aromatic heterocycles. The summed E-state index contributed by atoms with van der Waals surface area (Å²) in [4.78, 5) is 13.0. The predicted octanol–water partition coefficient (Wildman–Crippen LogP) is 4.82. The average Bonchev–Trinajstić information content (AvgIpc) is 2.61. The van der Waals surface area contributed by atoms with E-state index in [0.717, 1.165) is 23.5 Å². The minimum Gasteiger partial charge on any atom is -0.332 e. The fraction of sp³-hybridized carbons (Fsp3) is 0.300. The number of thiocarbonyl (C=S) groups is 1. The minimum absolute atomic E-state index is 0.000260. The van der Waals surface area contributed by atoms with E-state index in [0.29, 0.717) is 5.11 Å². The van der Waals surface area contributed by atoms with Gasteiger partial charge in [-0.25, -0.2) is 0 Å². The van der Waals surface area contributed by atoms with Crippen LogP contribution in [0.2, 0.25) is 0 Å². The molecule has 4 nitrogen and oxygen atoms in total. The average molecular weight is 356 g/mol. The van der Waals surface area contributed by atoms with Crippen LogP contribution in [0.1, 0.15) is 32.3 Å². The third kappa shape index (κ3) is 5.87. The molecule has 0 spiro atoms. The molecule has 0 aliphatic carbocycles. The Balaban J connectivity index is 1.90. The molecular weight excluding hydrogens is 330 g/mol. The number of carbonyl (C=O) groups excluding carboxylic acids is 1. The van der Waals surface area contributed by atoms with Gasteiger partial charge >= 0.3 is 0 Å². The van der Waals surface area contributed by atoms with Crippen LogP contribution in [0, 0.1) is 0 Å². The number of unbranched alkanes of at least 4 members (excludes halogenated alkanes) is 1. The van der Waals surface area contributed by atoms with Crippen molar-refractivity contribution in [2.75, 3.05) is 22.6 Å². The maximum absolute atomic E-state index is 11.4. The van der Waals surface area contributed by atoms with Crippen molar-refractivity contribution >= 4 is 40.3 Å². The molecular formula is C20H25N3OS. The molecule has 0 saturated heterocycles. The monoisotopic (exact) mass is 355 g/mol. The van der Waals surface area contributed by atoms with Gasteiger partial charge in [0.2, 0.25) is 5.91 Å². The van der Waals surface area contributed by atoms with E-state index >= 15 is 0 Å². The van der Waals surface area contributed by atoms with Crippen LogP contribution in [0.15, 0.2) is 48.5 Å². The Labute approximate surface area is 155 Å². The molecule has 0 atom stereocenters. The van der Waals surface area contributed by atoms with Gasteiger partial charge in [-0.15, -0.1) is 0 Å². The topological polar surface area (TPSA) is 44.4 Å². The van der Waals surface area contributed by atoms with Gasteiger partial charge in [0.1, 0.15) is 0 Å². The second kappa shape index (κ2) is 9.18. The summed E-state index contributed by atoms with van der Waals surface area (Å²) in [5.74, 6) is 0.000260. The fourth-order valence-corrected chi connectivity index (χ4v) is 2.61. The summed E-state index contributed by atoms with van der Waals surface area (Å²) in [6.07, 6.45) is 3.52. The molecule has 5 heteroatoms. The molecule has 2 aromatic carbocycles. The smallest absolute Gasteiger partial charge is 0.223 e. The standard InChI is InChI=1S/C20H25N3OS/c1-4-5-6-16-7-9-17(10-8-16)21-20(25)22-18-11-13-19(14-12-18)23(3)15(2)24/h7-14H,4-6H2,1-3H3,(H2,21,22,25). The highest BCUT2D eigenvalue weighted by molar-refractivity contribution is 7.80. The number of hydrogen-bond acceptors (Lipinski definition) is 2. The van der Waals surface area contributed by atoms with Crippen LogP contribution in [0.5, 0.6) is 0 Å². The molecule has 0 unspecified atom stereocenters. The van der Waals surface area contributed by atoms with Crippen LogP contribution in [0.25, 0.3) is 0 Å². The van der Waals surface area contributed by atoms with Crippen LogP contribution in [-0.2, 0) is 11.2 Å². The van der Waals surface area contributed by atoms with E-state index in [1.807, 2.05) is 36.4 Å². The van der Waals surface area contributed by atoms with Crippen LogP contribution < -0.4 is 15.5 Å². The second-order valence-electron chi connectivity index (χ2n) is 6.00. The molecule has 1 amide bonds. The van der Waals surface area contributed by atoms with E-state index in [1.165, 1.54) is 18.4 Å². The highest BCUT2D eigenvalue weighted by Crippen LogP contribution is 2.18. The number of benzene rings is 2. The summed E-state index contributed by atoms with van der Waals surface area (Å²) in [5.41, 5.74) is 4.03. The second-order valence-corrected chi connectivity index (χ2v) is 6.41. The minimum atomic E-state index is 0.000260. The first-order valence-corrected chi connectivity index (χ1v) is 8.91. The molecule has 0 fully saturated rings. The zero-order valence-corrected chi connectivity index (χ0v) is 15.8. The van der Waals surface area contributed by atoms with Crippen LogP contribution in [-0.4, -0.2) is 18.1 Å². The van der Waals surface area contributed by atoms with Crippen molar-refractivity contribution in [3.63, 3.8) is 0 Å². The Bertz CT molecular complexity index is 711. The largest absolute Gasteiger partial charge is 0.332 e. The summed E-state index contributed by atoms with van der Waals surface area (Å²) in [6.45, 7) is 3.74. The molecule has 2 N–H and O–H groups in total. The van der Waals surface area contributed by atoms with Gasteiger partial charge in [-0.3, -0.25) is 4.79 Å². The molecule has 0 bridgehead atoms. The lowest BCUT2D eigenvalue weighted by Gasteiger charge is -2.16. The zero-order chi connectivity index (χ0) is 18.2. The van der Waals surface area contributed by atoms with E-state index in [2.05, 4.69) is 29.7 Å². The van der Waals surface area contributed by atoms with Gasteiger partial charge < -0.3 is 15.5 Å². The van der Waals surface area contributed by atoms with Gasteiger partial charge in [0.05, 0.1) is 0 Å². The molecule has 2 rings (SSSR count). The van der Waals surface area contributed by atoms with Gasteiger partial charge in [-0.1, -0.05) is 25.5 Å². The summed E-state index contributed by atoms with van der Waals surface area (Å²) in [6, 6.07) is 15.9. The maximum atomic E-state index is 11.4. The van der Waals surface area contributed by atoms with E-state index in [4.69, 9.17) is 12.2 Å². The number of amides is 1. The normalized spacial score (nSPS) is 10.2. The molecule has 2 aromatic rings. The van der Waals surface area contributed by atoms with Crippen molar-refractivity contribution in [3.8, 4) is 0 Å². The first-order valence-electron chi connectivity index (χ1n) is 8.51. The van der Waals surface area contributed by atoms with Crippen LogP contribution in [0.3, 0.4) is 0 Å². The van der Waals surface area contributed by atoms with Gasteiger partial charge in [-0.05, 0) is 67.0 Å². The highest BCUT2D eigenvalue weighted by Gasteiger charge is 2.05. The SMILES string of the molecule is CCCCc1ccc(NC(=S)Nc2ccc(N(C)C(C)=O)cc2)cc1. The molecule has 0 saturated carbocycles. The van der Waals surface area contributed by atoms with Crippen molar-refractivity contribution in [2.24, 2.45) is 0 Å². The molecule has 0 radical (unpaired) electrons. The lowest BCUT2D eigenvalue weighted by molar-refractivity contribution is -0.116. The Hall–Kier alpha value is -2.40. The Morgan fingerprint density at radius 2 is 1.52 bits per heavy atom. The van der Waals surface area contributed by atoms with Crippen LogP contribution in [0.4, 0.5) is 17.1 Å². The van der Waals surface area contributed by atoms with Gasteiger partial charge in [0.25, 0.3) is 0 Å². The Morgan fingerprint density at radius 1 is 1.00 bits per heavy atom. The number of rotatable bonds is 6. The van der Waals surface area contributed by atoms with Gasteiger partial charge in [0.15, 0.2) is 5.11 Å². The fourth-order valence-electron chi connectivity index (χ4n) is 2.38. The number of anilines is 3.